The second-order valence-electron chi connectivity index (χ2n) is 9.46. The zero-order valence-electron chi connectivity index (χ0n) is 22.3. The molecule has 0 spiro atoms. The first-order valence-corrected chi connectivity index (χ1v) is 12.9. The number of nitrogens with one attached hydrogen (secondary N) is 2. The van der Waals surface area contributed by atoms with Crippen LogP contribution in [0.1, 0.15) is 58.8 Å². The molecule has 5 unspecified atom stereocenters. The summed E-state index contributed by atoms with van der Waals surface area (Å²) >= 11 is 0. The van der Waals surface area contributed by atoms with Gasteiger partial charge in [0.15, 0.2) is 11.9 Å². The molecule has 0 aromatic rings. The Morgan fingerprint density at radius 2 is 1.58 bits per heavy atom. The second-order valence-corrected chi connectivity index (χ2v) is 9.46. The number of amides is 3. The summed E-state index contributed by atoms with van der Waals surface area (Å²) in [4.78, 5) is 60.1. The topological polar surface area (TPSA) is 271 Å². The summed E-state index contributed by atoms with van der Waals surface area (Å²) in [6, 6.07) is -3.80. The average molecular weight is 541 g/mol. The number of hydrogen-bond acceptors (Lipinski definition) is 7. The van der Waals surface area contributed by atoms with Crippen LogP contribution in [0.2, 0.25) is 0 Å². The fraction of sp³-hybridized carbons (Fsp3) is 0.739. The highest BCUT2D eigenvalue weighted by Crippen LogP contribution is 2.20. The molecule has 15 nitrogen and oxygen atoms in total. The Labute approximate surface area is 223 Å². The Bertz CT molecular complexity index is 873. The lowest BCUT2D eigenvalue weighted by Crippen LogP contribution is -2.57. The molecule has 0 saturated carbocycles. The van der Waals surface area contributed by atoms with Crippen LogP contribution in [0.25, 0.3) is 0 Å². The molecular weight excluding hydrogens is 496 g/mol. The van der Waals surface area contributed by atoms with Gasteiger partial charge in [0.2, 0.25) is 17.7 Å². The number of aliphatic imine (C=N–C) groups is 2. The predicted octanol–water partition coefficient (Wildman–Crippen LogP) is -2.49. The maximum Gasteiger partial charge on any atom is 0.326 e. The predicted molar refractivity (Wildman–Crippen MR) is 143 cm³/mol. The zero-order valence-corrected chi connectivity index (χ0v) is 22.3. The molecule has 1 aliphatic heterocycles. The van der Waals surface area contributed by atoms with Crippen molar-refractivity contribution in [1.29, 1.82) is 0 Å². The number of carboxylic acid groups (broad SMARTS) is 1. The number of nitrogens with two attached hydrogens (primary N) is 5. The molecule has 1 aliphatic rings. The van der Waals surface area contributed by atoms with Gasteiger partial charge in [-0.2, -0.15) is 0 Å². The van der Waals surface area contributed by atoms with E-state index >= 15 is 0 Å². The Kier molecular flexibility index (Phi) is 13.9. The van der Waals surface area contributed by atoms with Gasteiger partial charge in [-0.15, -0.1) is 0 Å². The first kappa shape index (κ1) is 32.4. The SMILES string of the molecule is CCC(C)C(NC(=O)C(CCCN=C(N)N)NC(=O)C1CCCN1C(=O)C(N)CCCN=C(N)N)C(=O)O. The van der Waals surface area contributed by atoms with Crippen molar-refractivity contribution in [3.8, 4) is 0 Å². The van der Waals surface area contributed by atoms with Crippen LogP contribution in [0, 0.1) is 5.92 Å². The van der Waals surface area contributed by atoms with E-state index in [-0.39, 0.29) is 36.7 Å². The van der Waals surface area contributed by atoms with Gasteiger partial charge in [0.05, 0.1) is 6.04 Å². The van der Waals surface area contributed by atoms with E-state index in [2.05, 4.69) is 20.6 Å². The number of carboxylic acids is 1. The van der Waals surface area contributed by atoms with Crippen molar-refractivity contribution < 1.29 is 24.3 Å². The van der Waals surface area contributed by atoms with Crippen LogP contribution in [0.4, 0.5) is 0 Å². The number of carbonyl (C=O) groups is 4. The van der Waals surface area contributed by atoms with Crippen LogP contribution in [0.5, 0.6) is 0 Å². The molecule has 0 aliphatic carbocycles. The van der Waals surface area contributed by atoms with E-state index in [4.69, 9.17) is 28.7 Å². The van der Waals surface area contributed by atoms with Crippen LogP contribution in [-0.2, 0) is 19.2 Å². The molecule has 216 valence electrons. The number of guanidine groups is 2. The van der Waals surface area contributed by atoms with Gasteiger partial charge < -0.3 is 49.3 Å². The third-order valence-corrected chi connectivity index (χ3v) is 6.48. The number of rotatable bonds is 16. The minimum atomic E-state index is -1.17. The second kappa shape index (κ2) is 16.3. The van der Waals surface area contributed by atoms with E-state index in [0.717, 1.165) is 0 Å². The van der Waals surface area contributed by atoms with E-state index in [1.165, 1.54) is 4.90 Å². The van der Waals surface area contributed by atoms with Crippen molar-refractivity contribution >= 4 is 35.6 Å². The van der Waals surface area contributed by atoms with E-state index in [0.29, 0.717) is 51.6 Å². The molecule has 0 aromatic heterocycles. The monoisotopic (exact) mass is 540 g/mol. The van der Waals surface area contributed by atoms with Crippen molar-refractivity contribution in [1.82, 2.24) is 15.5 Å². The van der Waals surface area contributed by atoms with Gasteiger partial charge in [0, 0.05) is 19.6 Å². The highest BCUT2D eigenvalue weighted by molar-refractivity contribution is 5.94. The fourth-order valence-corrected chi connectivity index (χ4v) is 4.14. The largest absolute Gasteiger partial charge is 0.480 e. The smallest absolute Gasteiger partial charge is 0.326 e. The minimum Gasteiger partial charge on any atom is -0.480 e. The highest BCUT2D eigenvalue weighted by atomic mass is 16.4. The van der Waals surface area contributed by atoms with Gasteiger partial charge in [-0.05, 0) is 44.4 Å². The van der Waals surface area contributed by atoms with Crippen LogP contribution in [-0.4, -0.2) is 89.4 Å². The van der Waals surface area contributed by atoms with Crippen molar-refractivity contribution in [2.45, 2.75) is 83.0 Å². The number of likely N-dealkylation sites (tertiary alicyclic amines) is 1. The standard InChI is InChI=1S/C23H44N10O5/c1-3-13(2)17(21(37)38)32-18(34)15(8-5-11-30-23(27)28)31-19(35)16-9-6-12-33(16)20(36)14(24)7-4-10-29-22(25)26/h13-17H,3-12,24H2,1-2H3,(H,31,35)(H,32,34)(H,37,38)(H4,25,26,29)(H4,27,28,30). The number of carbonyl (C=O) groups excluding carboxylic acids is 3. The van der Waals surface area contributed by atoms with Gasteiger partial charge in [0.25, 0.3) is 0 Å². The third-order valence-electron chi connectivity index (χ3n) is 6.48. The van der Waals surface area contributed by atoms with Crippen LogP contribution >= 0.6 is 0 Å². The first-order chi connectivity index (χ1) is 17.9. The van der Waals surface area contributed by atoms with Crippen LogP contribution in [0.3, 0.4) is 0 Å². The maximum atomic E-state index is 13.2. The van der Waals surface area contributed by atoms with E-state index in [9.17, 15) is 24.3 Å². The van der Waals surface area contributed by atoms with Crippen LogP contribution in [0.15, 0.2) is 9.98 Å². The Balaban J connectivity index is 2.93. The van der Waals surface area contributed by atoms with Gasteiger partial charge in [0.1, 0.15) is 18.1 Å². The average Bonchev–Trinajstić information content (AvgIpc) is 3.35. The summed E-state index contributed by atoms with van der Waals surface area (Å²) in [6.07, 6.45) is 2.88. The van der Waals surface area contributed by atoms with Crippen LogP contribution < -0.4 is 39.3 Å². The lowest BCUT2D eigenvalue weighted by molar-refractivity contribution is -0.144. The molecule has 5 atom stereocenters. The molecule has 0 bridgehead atoms. The molecule has 0 aromatic carbocycles. The summed E-state index contributed by atoms with van der Waals surface area (Å²) in [5, 5.41) is 14.8. The summed E-state index contributed by atoms with van der Waals surface area (Å²) in [5.41, 5.74) is 27.4. The lowest BCUT2D eigenvalue weighted by Gasteiger charge is -2.29. The zero-order chi connectivity index (χ0) is 28.8. The Morgan fingerprint density at radius 1 is 1.00 bits per heavy atom. The maximum absolute atomic E-state index is 13.2. The van der Waals surface area contributed by atoms with Crippen molar-refractivity contribution in [3.05, 3.63) is 0 Å². The molecule has 1 saturated heterocycles. The summed E-state index contributed by atoms with van der Waals surface area (Å²) in [7, 11) is 0. The molecule has 1 fully saturated rings. The molecule has 3 amide bonds. The lowest BCUT2D eigenvalue weighted by atomic mass is 9.98. The summed E-state index contributed by atoms with van der Waals surface area (Å²) in [6.45, 7) is 4.44. The van der Waals surface area contributed by atoms with E-state index in [1.54, 1.807) is 6.92 Å². The Hall–Kier alpha value is -3.62. The molecular formula is C23H44N10O5. The Morgan fingerprint density at radius 3 is 2.11 bits per heavy atom. The molecule has 15 heteroatoms. The fourth-order valence-electron chi connectivity index (χ4n) is 4.14. The summed E-state index contributed by atoms with van der Waals surface area (Å²) < 4.78 is 0. The van der Waals surface area contributed by atoms with Gasteiger partial charge in [-0.25, -0.2) is 4.79 Å². The number of aliphatic carboxylic acids is 1. The van der Waals surface area contributed by atoms with Crippen molar-refractivity contribution in [2.24, 2.45) is 44.6 Å². The molecule has 38 heavy (non-hydrogen) atoms. The number of hydrogen-bond donors (Lipinski definition) is 8. The third kappa shape index (κ3) is 10.8. The van der Waals surface area contributed by atoms with E-state index < -0.39 is 42.0 Å². The van der Waals surface area contributed by atoms with E-state index in [1.807, 2.05) is 6.92 Å². The molecule has 13 N–H and O–H groups in total. The van der Waals surface area contributed by atoms with Crippen molar-refractivity contribution in [3.63, 3.8) is 0 Å². The molecule has 1 rings (SSSR count). The number of nitrogens with zero attached hydrogens (tertiary/aromatic N) is 3. The molecule has 0 radical (unpaired) electrons. The van der Waals surface area contributed by atoms with Crippen molar-refractivity contribution in [2.75, 3.05) is 19.6 Å². The van der Waals surface area contributed by atoms with Gasteiger partial charge in [-0.1, -0.05) is 20.3 Å². The normalized spacial score (nSPS) is 18.0. The molecule has 1 heterocycles. The quantitative estimate of drug-likeness (QED) is 0.0579. The summed E-state index contributed by atoms with van der Waals surface area (Å²) in [5.74, 6) is -3.16. The van der Waals surface area contributed by atoms with Gasteiger partial charge >= 0.3 is 5.97 Å². The first-order valence-electron chi connectivity index (χ1n) is 12.9. The van der Waals surface area contributed by atoms with Gasteiger partial charge in [-0.3, -0.25) is 24.4 Å². The minimum absolute atomic E-state index is 0.0445. The highest BCUT2D eigenvalue weighted by Gasteiger charge is 2.38.